The number of amides is 2. The lowest BCUT2D eigenvalue weighted by Gasteiger charge is -2.32. The van der Waals surface area contributed by atoms with Crippen LogP contribution in [0.5, 0.6) is 0 Å². The highest BCUT2D eigenvalue weighted by Gasteiger charge is 2.39. The van der Waals surface area contributed by atoms with E-state index in [0.29, 0.717) is 24.3 Å². The third-order valence-electron chi connectivity index (χ3n) is 5.84. The molecular weight excluding hydrogens is 384 g/mol. The number of aromatic nitrogens is 3. The molecule has 8 nitrogen and oxygen atoms in total. The average Bonchev–Trinajstić information content (AvgIpc) is 3.26. The van der Waals surface area contributed by atoms with E-state index >= 15 is 0 Å². The third-order valence-corrected chi connectivity index (χ3v) is 5.84. The van der Waals surface area contributed by atoms with Gasteiger partial charge in [0.05, 0.1) is 23.6 Å². The lowest BCUT2D eigenvalue weighted by molar-refractivity contribution is -0.122. The Kier molecular flexibility index (Phi) is 5.10. The zero-order valence-electron chi connectivity index (χ0n) is 15.8. The van der Waals surface area contributed by atoms with E-state index in [4.69, 9.17) is 0 Å². The summed E-state index contributed by atoms with van der Waals surface area (Å²) >= 11 is 0. The van der Waals surface area contributed by atoms with Crippen molar-refractivity contribution in [2.24, 2.45) is 11.8 Å². The van der Waals surface area contributed by atoms with Gasteiger partial charge in [0.25, 0.3) is 0 Å². The second-order valence-corrected chi connectivity index (χ2v) is 7.89. The van der Waals surface area contributed by atoms with Crippen molar-refractivity contribution in [2.75, 3.05) is 6.54 Å². The maximum atomic E-state index is 13.5. The van der Waals surface area contributed by atoms with Crippen molar-refractivity contribution in [3.8, 4) is 0 Å². The summed E-state index contributed by atoms with van der Waals surface area (Å²) in [5, 5.41) is 19.0. The second kappa shape index (κ2) is 7.57. The van der Waals surface area contributed by atoms with Crippen LogP contribution in [0.15, 0.2) is 18.3 Å². The monoisotopic (exact) mass is 407 g/mol. The summed E-state index contributed by atoms with van der Waals surface area (Å²) in [5.74, 6) is -3.02. The van der Waals surface area contributed by atoms with Gasteiger partial charge in [0.1, 0.15) is 0 Å². The van der Waals surface area contributed by atoms with Crippen molar-refractivity contribution in [3.63, 3.8) is 0 Å². The van der Waals surface area contributed by atoms with Gasteiger partial charge in [0.15, 0.2) is 5.65 Å². The van der Waals surface area contributed by atoms with Crippen LogP contribution in [0, 0.1) is 11.8 Å². The number of fused-ring (bicyclic) bond motifs is 1. The summed E-state index contributed by atoms with van der Waals surface area (Å²) in [6, 6.07) is 2.90. The van der Waals surface area contributed by atoms with Gasteiger partial charge in [-0.25, -0.2) is 23.1 Å². The number of carbonyl (C=O) groups is 2. The van der Waals surface area contributed by atoms with Gasteiger partial charge >= 0.3 is 6.09 Å². The predicted octanol–water partition coefficient (Wildman–Crippen LogP) is 2.54. The first kappa shape index (κ1) is 19.5. The molecule has 1 saturated carbocycles. The Balaban J connectivity index is 1.56. The minimum Gasteiger partial charge on any atom is -0.465 e. The molecule has 0 aromatic carbocycles. The summed E-state index contributed by atoms with van der Waals surface area (Å²) in [4.78, 5) is 27.6. The van der Waals surface area contributed by atoms with Gasteiger partial charge in [-0.3, -0.25) is 4.79 Å². The molecular formula is C19H23F2N5O3. The SMILES string of the molecule is O=C(O)NC(c1cn2nc(CC3CCNC3=O)ccc2n1)C1CCC(F)(F)CC1. The number of nitrogens with zero attached hydrogens (tertiary/aromatic N) is 3. The quantitative estimate of drug-likeness (QED) is 0.706. The lowest BCUT2D eigenvalue weighted by Crippen LogP contribution is -2.36. The van der Waals surface area contributed by atoms with Gasteiger partial charge in [-0.1, -0.05) is 0 Å². The van der Waals surface area contributed by atoms with E-state index in [9.17, 15) is 23.5 Å². The van der Waals surface area contributed by atoms with E-state index in [1.54, 1.807) is 22.8 Å². The minimum atomic E-state index is -2.69. The maximum Gasteiger partial charge on any atom is 0.405 e. The van der Waals surface area contributed by atoms with E-state index in [2.05, 4.69) is 20.7 Å². The summed E-state index contributed by atoms with van der Waals surface area (Å²) in [5.41, 5.74) is 1.74. The third kappa shape index (κ3) is 4.30. The summed E-state index contributed by atoms with van der Waals surface area (Å²) in [6.07, 6.45) is 1.65. The fourth-order valence-corrected chi connectivity index (χ4v) is 4.25. The number of hydrogen-bond donors (Lipinski definition) is 3. The fourth-order valence-electron chi connectivity index (χ4n) is 4.25. The van der Waals surface area contributed by atoms with Crippen molar-refractivity contribution in [2.45, 2.75) is 50.5 Å². The predicted molar refractivity (Wildman–Crippen MR) is 98.6 cm³/mol. The molecule has 2 fully saturated rings. The van der Waals surface area contributed by atoms with Crippen LogP contribution in [0.4, 0.5) is 13.6 Å². The van der Waals surface area contributed by atoms with Gasteiger partial charge in [-0.15, -0.1) is 0 Å². The number of carboxylic acid groups (broad SMARTS) is 1. The first-order chi connectivity index (χ1) is 13.8. The number of rotatable bonds is 5. The standard InChI is InChI=1S/C19H23F2N5O3/c20-19(21)6-3-11(4-7-19)16(24-18(28)29)14-10-26-15(23-14)2-1-13(25-26)9-12-5-8-22-17(12)27/h1-2,10-12,16,24H,3-9H2,(H,22,27)(H,28,29). The number of alkyl halides is 2. The topological polar surface area (TPSA) is 109 Å². The number of halogens is 2. The van der Waals surface area contributed by atoms with Crippen LogP contribution < -0.4 is 10.6 Å². The lowest BCUT2D eigenvalue weighted by atomic mass is 9.81. The Hall–Kier alpha value is -2.78. The average molecular weight is 407 g/mol. The number of imidazole rings is 1. The molecule has 2 aromatic heterocycles. The molecule has 2 unspecified atom stereocenters. The molecule has 0 bridgehead atoms. The zero-order chi connectivity index (χ0) is 20.6. The van der Waals surface area contributed by atoms with Crippen LogP contribution in [0.3, 0.4) is 0 Å². The molecule has 10 heteroatoms. The molecule has 2 aliphatic rings. The summed E-state index contributed by atoms with van der Waals surface area (Å²) < 4.78 is 28.6. The van der Waals surface area contributed by atoms with Crippen LogP contribution in [-0.2, 0) is 11.2 Å². The van der Waals surface area contributed by atoms with Gasteiger partial charge in [0.2, 0.25) is 11.8 Å². The second-order valence-electron chi connectivity index (χ2n) is 7.89. The number of nitrogens with one attached hydrogen (secondary N) is 2. The Morgan fingerprint density at radius 3 is 2.76 bits per heavy atom. The Morgan fingerprint density at radius 2 is 2.10 bits per heavy atom. The van der Waals surface area contributed by atoms with Crippen LogP contribution >= 0.6 is 0 Å². The van der Waals surface area contributed by atoms with E-state index in [0.717, 1.165) is 12.1 Å². The first-order valence-electron chi connectivity index (χ1n) is 9.81. The maximum absolute atomic E-state index is 13.5. The van der Waals surface area contributed by atoms with Crippen molar-refractivity contribution >= 4 is 17.6 Å². The van der Waals surface area contributed by atoms with E-state index in [1.165, 1.54) is 0 Å². The molecule has 29 heavy (non-hydrogen) atoms. The van der Waals surface area contributed by atoms with Gasteiger partial charge in [-0.2, -0.15) is 5.10 Å². The number of hydrogen-bond acceptors (Lipinski definition) is 4. The van der Waals surface area contributed by atoms with Crippen molar-refractivity contribution in [3.05, 3.63) is 29.7 Å². The first-order valence-corrected chi connectivity index (χ1v) is 9.81. The Morgan fingerprint density at radius 1 is 1.34 bits per heavy atom. The molecule has 1 aliphatic carbocycles. The smallest absolute Gasteiger partial charge is 0.405 e. The molecule has 4 rings (SSSR count). The largest absolute Gasteiger partial charge is 0.465 e. The summed E-state index contributed by atoms with van der Waals surface area (Å²) in [6.45, 7) is 0.671. The van der Waals surface area contributed by atoms with Crippen molar-refractivity contribution < 1.29 is 23.5 Å². The molecule has 2 aromatic rings. The normalized spacial score (nSPS) is 23.1. The van der Waals surface area contributed by atoms with Crippen molar-refractivity contribution in [1.82, 2.24) is 25.2 Å². The molecule has 1 aliphatic heterocycles. The molecule has 2 atom stereocenters. The summed E-state index contributed by atoms with van der Waals surface area (Å²) in [7, 11) is 0. The molecule has 3 N–H and O–H groups in total. The van der Waals surface area contributed by atoms with Gasteiger partial charge in [0, 0.05) is 31.7 Å². The van der Waals surface area contributed by atoms with Crippen LogP contribution in [0.25, 0.3) is 5.65 Å². The minimum absolute atomic E-state index is 0.0260. The molecule has 0 spiro atoms. The molecule has 156 valence electrons. The van der Waals surface area contributed by atoms with Gasteiger partial charge < -0.3 is 15.7 Å². The highest BCUT2D eigenvalue weighted by atomic mass is 19.3. The van der Waals surface area contributed by atoms with Crippen LogP contribution in [0.1, 0.15) is 49.5 Å². The van der Waals surface area contributed by atoms with E-state index < -0.39 is 18.1 Å². The Labute approximate surface area is 165 Å². The van der Waals surface area contributed by atoms with E-state index in [1.807, 2.05) is 0 Å². The molecule has 3 heterocycles. The number of carbonyl (C=O) groups excluding carboxylic acids is 1. The van der Waals surface area contributed by atoms with Crippen LogP contribution in [0.2, 0.25) is 0 Å². The van der Waals surface area contributed by atoms with Crippen molar-refractivity contribution in [1.29, 1.82) is 0 Å². The van der Waals surface area contributed by atoms with Gasteiger partial charge in [-0.05, 0) is 37.3 Å². The fraction of sp³-hybridized carbons (Fsp3) is 0.579. The molecule has 0 radical (unpaired) electrons. The molecule has 1 saturated heterocycles. The van der Waals surface area contributed by atoms with Crippen LogP contribution in [-0.4, -0.2) is 44.2 Å². The Bertz CT molecular complexity index is 922. The highest BCUT2D eigenvalue weighted by molar-refractivity contribution is 5.80. The van der Waals surface area contributed by atoms with E-state index in [-0.39, 0.29) is 43.4 Å². The zero-order valence-corrected chi connectivity index (χ0v) is 15.8. The molecule has 2 amide bonds. The highest BCUT2D eigenvalue weighted by Crippen LogP contribution is 2.41.